The number of rotatable bonds is 4. The molecule has 0 spiro atoms. The maximum absolute atomic E-state index is 11.3. The van der Waals surface area contributed by atoms with Gasteiger partial charge in [0.15, 0.2) is 5.78 Å². The van der Waals surface area contributed by atoms with E-state index in [1.807, 2.05) is 6.07 Å². The fourth-order valence-electron chi connectivity index (χ4n) is 1.67. The van der Waals surface area contributed by atoms with Gasteiger partial charge in [0.25, 0.3) is 0 Å². The quantitative estimate of drug-likeness (QED) is 0.868. The van der Waals surface area contributed by atoms with Crippen LogP contribution in [0.3, 0.4) is 0 Å². The van der Waals surface area contributed by atoms with Crippen molar-refractivity contribution in [3.05, 3.63) is 58.1 Å². The van der Waals surface area contributed by atoms with Crippen molar-refractivity contribution >= 4 is 21.7 Å². The van der Waals surface area contributed by atoms with E-state index in [4.69, 9.17) is 4.74 Å². The van der Waals surface area contributed by atoms with Crippen LogP contribution in [-0.4, -0.2) is 10.9 Å². The Labute approximate surface area is 120 Å². The number of para-hydroxylation sites is 1. The summed E-state index contributed by atoms with van der Waals surface area (Å²) in [5.41, 5.74) is 1.34. The van der Waals surface area contributed by atoms with Gasteiger partial charge in [-0.2, -0.15) is 0 Å². The van der Waals surface area contributed by atoms with Crippen LogP contribution < -0.4 is 4.74 Å². The predicted octanol–water partition coefficient (Wildman–Crippen LogP) is 3.94. The predicted molar refractivity (Wildman–Crippen MR) is 76.6 cm³/mol. The lowest BCUT2D eigenvalue weighted by Crippen LogP contribution is -1.98. The maximum Gasteiger partial charge on any atom is 0.160 e. The van der Waals surface area contributed by atoms with Crippen LogP contribution in [0.2, 0.25) is 0 Å². The molecule has 98 valence electrons. The van der Waals surface area contributed by atoms with E-state index in [0.29, 0.717) is 21.3 Å². The van der Waals surface area contributed by atoms with Gasteiger partial charge in [-0.15, -0.1) is 0 Å². The van der Waals surface area contributed by atoms with Gasteiger partial charge in [-0.25, -0.2) is 0 Å². The molecule has 3 nitrogen and oxygen atoms in total. The maximum atomic E-state index is 11.3. The Hall–Kier alpha value is -1.81. The number of phenols is 1. The van der Waals surface area contributed by atoms with Crippen molar-refractivity contribution in [3.8, 4) is 11.5 Å². The first-order valence-corrected chi connectivity index (χ1v) is 6.57. The number of aromatic hydroxyl groups is 1. The molecule has 0 aliphatic carbocycles. The standard InChI is InChI=1S/C15H13BrO3/c1-10(17)13-7-6-12(8-14(13)16)19-9-11-4-2-3-5-15(11)18/h2-8,18H,9H2,1H3. The van der Waals surface area contributed by atoms with Crippen LogP contribution in [0.25, 0.3) is 0 Å². The van der Waals surface area contributed by atoms with Gasteiger partial charge in [0.05, 0.1) is 0 Å². The van der Waals surface area contributed by atoms with Gasteiger partial charge in [-0.05, 0) is 47.1 Å². The molecule has 0 radical (unpaired) electrons. The first-order valence-electron chi connectivity index (χ1n) is 5.78. The number of ether oxygens (including phenoxy) is 1. The first-order chi connectivity index (χ1) is 9.08. The fourth-order valence-corrected chi connectivity index (χ4v) is 2.30. The number of Topliss-reactive ketones (excluding diaryl/α,β-unsaturated/α-hetero) is 1. The summed E-state index contributed by atoms with van der Waals surface area (Å²) in [6.07, 6.45) is 0. The van der Waals surface area contributed by atoms with E-state index in [1.165, 1.54) is 6.92 Å². The summed E-state index contributed by atoms with van der Waals surface area (Å²) in [7, 11) is 0. The summed E-state index contributed by atoms with van der Waals surface area (Å²) in [6, 6.07) is 12.2. The highest BCUT2D eigenvalue weighted by atomic mass is 79.9. The highest BCUT2D eigenvalue weighted by Crippen LogP contribution is 2.25. The zero-order chi connectivity index (χ0) is 13.8. The normalized spacial score (nSPS) is 10.2. The number of phenolic OH excluding ortho intramolecular Hbond substituents is 1. The van der Waals surface area contributed by atoms with E-state index in [2.05, 4.69) is 15.9 Å². The van der Waals surface area contributed by atoms with Gasteiger partial charge >= 0.3 is 0 Å². The minimum absolute atomic E-state index is 0.000807. The second-order valence-corrected chi connectivity index (χ2v) is 4.97. The lowest BCUT2D eigenvalue weighted by Gasteiger charge is -2.09. The molecule has 4 heteroatoms. The SMILES string of the molecule is CC(=O)c1ccc(OCc2ccccc2O)cc1Br. The molecule has 0 amide bonds. The number of halogens is 1. The van der Waals surface area contributed by atoms with Crippen molar-refractivity contribution in [3.63, 3.8) is 0 Å². The van der Waals surface area contributed by atoms with Crippen molar-refractivity contribution < 1.29 is 14.6 Å². The molecule has 0 atom stereocenters. The molecule has 2 rings (SSSR count). The minimum Gasteiger partial charge on any atom is -0.508 e. The van der Waals surface area contributed by atoms with Crippen LogP contribution in [0.1, 0.15) is 22.8 Å². The molecule has 0 saturated heterocycles. The molecular formula is C15H13BrO3. The van der Waals surface area contributed by atoms with E-state index in [9.17, 15) is 9.90 Å². The summed E-state index contributed by atoms with van der Waals surface area (Å²) in [5, 5.41) is 9.63. The average molecular weight is 321 g/mol. The molecule has 0 fully saturated rings. The van der Waals surface area contributed by atoms with E-state index in [0.717, 1.165) is 0 Å². The van der Waals surface area contributed by atoms with Crippen molar-refractivity contribution in [2.45, 2.75) is 13.5 Å². The zero-order valence-electron chi connectivity index (χ0n) is 10.4. The smallest absolute Gasteiger partial charge is 0.160 e. The third kappa shape index (κ3) is 3.35. The molecule has 19 heavy (non-hydrogen) atoms. The first kappa shape index (κ1) is 13.6. The Morgan fingerprint density at radius 2 is 2.00 bits per heavy atom. The van der Waals surface area contributed by atoms with Crippen molar-refractivity contribution in [2.75, 3.05) is 0 Å². The van der Waals surface area contributed by atoms with Crippen LogP contribution in [0.5, 0.6) is 11.5 Å². The Morgan fingerprint density at radius 3 is 2.63 bits per heavy atom. The molecule has 0 aliphatic rings. The highest BCUT2D eigenvalue weighted by Gasteiger charge is 2.07. The molecule has 2 aromatic carbocycles. The van der Waals surface area contributed by atoms with Gasteiger partial charge in [0.1, 0.15) is 18.1 Å². The number of benzene rings is 2. The molecule has 0 unspecified atom stereocenters. The van der Waals surface area contributed by atoms with Crippen molar-refractivity contribution in [1.82, 2.24) is 0 Å². The summed E-state index contributed by atoms with van der Waals surface area (Å²) < 4.78 is 6.29. The van der Waals surface area contributed by atoms with Gasteiger partial charge < -0.3 is 9.84 Å². The van der Waals surface area contributed by atoms with Gasteiger partial charge in [-0.1, -0.05) is 18.2 Å². The molecule has 0 bridgehead atoms. The van der Waals surface area contributed by atoms with Crippen LogP contribution >= 0.6 is 15.9 Å². The van der Waals surface area contributed by atoms with Crippen molar-refractivity contribution in [1.29, 1.82) is 0 Å². The third-order valence-corrected chi connectivity index (χ3v) is 3.36. The largest absolute Gasteiger partial charge is 0.508 e. The molecule has 0 heterocycles. The summed E-state index contributed by atoms with van der Waals surface area (Å²) in [4.78, 5) is 11.3. The van der Waals surface area contributed by atoms with Crippen LogP contribution in [-0.2, 0) is 6.61 Å². The second kappa shape index (κ2) is 5.89. The van der Waals surface area contributed by atoms with Gasteiger partial charge in [0, 0.05) is 15.6 Å². The number of carbonyl (C=O) groups is 1. The lowest BCUT2D eigenvalue weighted by molar-refractivity contribution is 0.101. The van der Waals surface area contributed by atoms with E-state index in [1.54, 1.807) is 36.4 Å². The van der Waals surface area contributed by atoms with E-state index in [-0.39, 0.29) is 18.1 Å². The van der Waals surface area contributed by atoms with Crippen LogP contribution in [0, 0.1) is 0 Å². The van der Waals surface area contributed by atoms with Gasteiger partial charge in [0.2, 0.25) is 0 Å². The Bertz CT molecular complexity index is 608. The monoisotopic (exact) mass is 320 g/mol. The fraction of sp³-hybridized carbons (Fsp3) is 0.133. The zero-order valence-corrected chi connectivity index (χ0v) is 12.0. The van der Waals surface area contributed by atoms with E-state index >= 15 is 0 Å². The number of hydrogen-bond acceptors (Lipinski definition) is 3. The second-order valence-electron chi connectivity index (χ2n) is 4.12. The Morgan fingerprint density at radius 1 is 1.26 bits per heavy atom. The summed E-state index contributed by atoms with van der Waals surface area (Å²) in [5.74, 6) is 0.848. The minimum atomic E-state index is -0.000807. The lowest BCUT2D eigenvalue weighted by atomic mass is 10.1. The third-order valence-electron chi connectivity index (χ3n) is 2.71. The molecule has 1 N–H and O–H groups in total. The highest BCUT2D eigenvalue weighted by molar-refractivity contribution is 9.10. The van der Waals surface area contributed by atoms with Crippen LogP contribution in [0.4, 0.5) is 0 Å². The molecular weight excluding hydrogens is 308 g/mol. The molecule has 0 saturated carbocycles. The van der Waals surface area contributed by atoms with E-state index < -0.39 is 0 Å². The van der Waals surface area contributed by atoms with Crippen LogP contribution in [0.15, 0.2) is 46.9 Å². The summed E-state index contributed by atoms with van der Waals surface area (Å²) >= 11 is 3.34. The topological polar surface area (TPSA) is 46.5 Å². The summed E-state index contributed by atoms with van der Waals surface area (Å²) in [6.45, 7) is 1.79. The number of ketones is 1. The Kier molecular flexibility index (Phi) is 4.22. The van der Waals surface area contributed by atoms with Crippen molar-refractivity contribution in [2.24, 2.45) is 0 Å². The molecule has 0 aromatic heterocycles. The molecule has 2 aromatic rings. The van der Waals surface area contributed by atoms with Gasteiger partial charge in [-0.3, -0.25) is 4.79 Å². The molecule has 0 aliphatic heterocycles. The number of carbonyl (C=O) groups excluding carboxylic acids is 1. The number of hydrogen-bond donors (Lipinski definition) is 1. The Balaban J connectivity index is 2.11. The average Bonchev–Trinajstić information content (AvgIpc) is 2.37.